The second-order valence-corrected chi connectivity index (χ2v) is 6.97. The van der Waals surface area contributed by atoms with E-state index in [9.17, 15) is 9.90 Å². The van der Waals surface area contributed by atoms with Gasteiger partial charge in [0.1, 0.15) is 0 Å². The van der Waals surface area contributed by atoms with Crippen LogP contribution in [0.5, 0.6) is 0 Å². The van der Waals surface area contributed by atoms with Gasteiger partial charge in [-0.1, -0.05) is 76.9 Å². The minimum absolute atomic E-state index is 0. The number of allylic oxidation sites excluding steroid dienone is 2. The summed E-state index contributed by atoms with van der Waals surface area (Å²) in [4.78, 5) is 11.4. The van der Waals surface area contributed by atoms with Gasteiger partial charge in [-0.05, 0) is 38.5 Å². The third-order valence-corrected chi connectivity index (χ3v) is 4.44. The van der Waals surface area contributed by atoms with Crippen molar-refractivity contribution in [2.45, 2.75) is 110 Å². The maximum atomic E-state index is 11.4. The van der Waals surface area contributed by atoms with Crippen LogP contribution in [0.1, 0.15) is 110 Å². The zero-order chi connectivity index (χ0) is 18.4. The minimum atomic E-state index is -0.108. The van der Waals surface area contributed by atoms with Crippen LogP contribution in [0.15, 0.2) is 12.2 Å². The predicted octanol–water partition coefficient (Wildman–Crippen LogP) is 2.71. The van der Waals surface area contributed by atoms with Crippen molar-refractivity contribution in [3.8, 4) is 0 Å². The molecule has 0 aliphatic rings. The summed E-state index contributed by atoms with van der Waals surface area (Å²) in [5, 5.41) is 10.3. The number of esters is 1. The minimum Gasteiger partial charge on any atom is -0.854 e. The monoisotopic (exact) mass is 376 g/mol. The van der Waals surface area contributed by atoms with Crippen LogP contribution < -0.4 is 34.7 Å². The number of rotatable bonds is 19. The molecule has 0 unspecified atom stereocenters. The summed E-state index contributed by atoms with van der Waals surface area (Å²) < 4.78 is 5.08. The van der Waals surface area contributed by atoms with Gasteiger partial charge in [-0.25, -0.2) is 0 Å². The van der Waals surface area contributed by atoms with E-state index in [1.54, 1.807) is 0 Å². The Labute approximate surface area is 184 Å². The Bertz CT molecular complexity index is 306. The summed E-state index contributed by atoms with van der Waals surface area (Å²) in [5.41, 5.74) is 0. The fourth-order valence-corrected chi connectivity index (χ4v) is 2.80. The maximum absolute atomic E-state index is 11.4. The van der Waals surface area contributed by atoms with Crippen molar-refractivity contribution in [3.05, 3.63) is 12.2 Å². The maximum Gasteiger partial charge on any atom is 1.00 e. The fraction of sp³-hybridized carbons (Fsp3) is 0.864. The molecule has 0 atom stereocenters. The summed E-state index contributed by atoms with van der Waals surface area (Å²) in [7, 11) is 0. The number of hydrogen-bond acceptors (Lipinski definition) is 3. The fourth-order valence-electron chi connectivity index (χ4n) is 2.80. The molecule has 0 amide bonds. The molecule has 0 aromatic carbocycles. The van der Waals surface area contributed by atoms with E-state index in [0.29, 0.717) is 25.9 Å². The van der Waals surface area contributed by atoms with Gasteiger partial charge in [-0.3, -0.25) is 4.79 Å². The van der Waals surface area contributed by atoms with Crippen molar-refractivity contribution in [1.82, 2.24) is 0 Å². The Morgan fingerprint density at radius 1 is 0.769 bits per heavy atom. The Morgan fingerprint density at radius 3 is 1.88 bits per heavy atom. The molecule has 0 aromatic rings. The van der Waals surface area contributed by atoms with Gasteiger partial charge in [-0.15, -0.1) is 6.61 Å². The normalized spacial score (nSPS) is 10.8. The summed E-state index contributed by atoms with van der Waals surface area (Å²) in [6.45, 7) is 2.59. The third kappa shape index (κ3) is 24.2. The van der Waals surface area contributed by atoms with Gasteiger partial charge >= 0.3 is 35.5 Å². The average molecular weight is 377 g/mol. The Balaban J connectivity index is 0. The van der Waals surface area contributed by atoms with Crippen LogP contribution >= 0.6 is 0 Å². The molecule has 26 heavy (non-hydrogen) atoms. The van der Waals surface area contributed by atoms with Crippen LogP contribution in [0.2, 0.25) is 0 Å². The average Bonchev–Trinajstić information content (AvgIpc) is 2.62. The number of hydrogen-bond donors (Lipinski definition) is 0. The first-order valence-corrected chi connectivity index (χ1v) is 10.7. The molecule has 0 rings (SSSR count). The van der Waals surface area contributed by atoms with E-state index in [2.05, 4.69) is 19.1 Å². The molecule has 0 saturated heterocycles. The number of unbranched alkanes of at least 4 members (excludes halogenated alkanes) is 12. The summed E-state index contributed by atoms with van der Waals surface area (Å²) >= 11 is 0. The van der Waals surface area contributed by atoms with Crippen LogP contribution in [0.25, 0.3) is 0 Å². The standard InChI is InChI=1S/C22H41O3.Na/c1-2-3-4-5-6-7-8-9-10-11-12-13-14-15-16-19-22(24)25-21-18-17-20-23;/h9-10H,2-8,11-21H2,1H3;/q-1;+1/b10-9-;. The largest absolute Gasteiger partial charge is 1.00 e. The Morgan fingerprint density at radius 2 is 1.31 bits per heavy atom. The van der Waals surface area contributed by atoms with E-state index >= 15 is 0 Å². The van der Waals surface area contributed by atoms with Crippen molar-refractivity contribution in [2.24, 2.45) is 0 Å². The van der Waals surface area contributed by atoms with Crippen LogP contribution in [0, 0.1) is 0 Å². The molecule has 0 aromatic heterocycles. The molecule has 0 saturated carbocycles. The third-order valence-electron chi connectivity index (χ3n) is 4.44. The van der Waals surface area contributed by atoms with Crippen LogP contribution in [0.3, 0.4) is 0 Å². The molecular formula is C22H41NaO3. The molecule has 0 heterocycles. The van der Waals surface area contributed by atoms with E-state index < -0.39 is 0 Å². The van der Waals surface area contributed by atoms with Gasteiger partial charge in [0.25, 0.3) is 0 Å². The number of ether oxygens (including phenoxy) is 1. The van der Waals surface area contributed by atoms with Crippen molar-refractivity contribution in [2.75, 3.05) is 13.2 Å². The SMILES string of the molecule is CCCCCCCC/C=C\CCCCCCCC(=O)OCCCC[O-].[Na+]. The first-order chi connectivity index (χ1) is 12.3. The van der Waals surface area contributed by atoms with Gasteiger partial charge in [0.05, 0.1) is 6.61 Å². The smallest absolute Gasteiger partial charge is 0.854 e. The van der Waals surface area contributed by atoms with Crippen LogP contribution in [-0.2, 0) is 9.53 Å². The van der Waals surface area contributed by atoms with Crippen molar-refractivity contribution in [3.63, 3.8) is 0 Å². The van der Waals surface area contributed by atoms with E-state index in [0.717, 1.165) is 12.8 Å². The quantitative estimate of drug-likeness (QED) is 0.151. The molecule has 0 radical (unpaired) electrons. The van der Waals surface area contributed by atoms with E-state index in [-0.39, 0.29) is 42.1 Å². The zero-order valence-corrected chi connectivity index (χ0v) is 19.6. The second-order valence-electron chi connectivity index (χ2n) is 6.97. The molecule has 4 heteroatoms. The van der Waals surface area contributed by atoms with Gasteiger partial charge < -0.3 is 9.84 Å². The Hall–Kier alpha value is 0.170. The molecule has 0 fully saturated rings. The van der Waals surface area contributed by atoms with E-state index in [1.165, 1.54) is 70.6 Å². The molecule has 0 aliphatic carbocycles. The van der Waals surface area contributed by atoms with Gasteiger partial charge in [-0.2, -0.15) is 0 Å². The first-order valence-electron chi connectivity index (χ1n) is 10.7. The number of carbonyl (C=O) groups is 1. The number of carbonyl (C=O) groups excluding carboxylic acids is 1. The van der Waals surface area contributed by atoms with Gasteiger partial charge in [0, 0.05) is 6.42 Å². The Kier molecular flexibility index (Phi) is 27.5. The van der Waals surface area contributed by atoms with Crippen molar-refractivity contribution in [1.29, 1.82) is 0 Å². The zero-order valence-electron chi connectivity index (χ0n) is 17.6. The topological polar surface area (TPSA) is 49.4 Å². The second kappa shape index (κ2) is 25.2. The first kappa shape index (κ1) is 28.4. The molecule has 3 nitrogen and oxygen atoms in total. The summed E-state index contributed by atoms with van der Waals surface area (Å²) in [5.74, 6) is -0.108. The predicted molar refractivity (Wildman–Crippen MR) is 105 cm³/mol. The molecule has 148 valence electrons. The van der Waals surface area contributed by atoms with Gasteiger partial charge in [0.15, 0.2) is 0 Å². The molecule has 0 N–H and O–H groups in total. The van der Waals surface area contributed by atoms with E-state index in [4.69, 9.17) is 4.74 Å². The summed E-state index contributed by atoms with van der Waals surface area (Å²) in [6.07, 6.45) is 22.9. The van der Waals surface area contributed by atoms with Crippen molar-refractivity contribution < 1.29 is 44.2 Å². The molecule has 0 spiro atoms. The van der Waals surface area contributed by atoms with Crippen molar-refractivity contribution >= 4 is 5.97 Å². The van der Waals surface area contributed by atoms with Crippen LogP contribution in [-0.4, -0.2) is 19.2 Å². The van der Waals surface area contributed by atoms with Crippen LogP contribution in [0.4, 0.5) is 0 Å². The molecular weight excluding hydrogens is 335 g/mol. The van der Waals surface area contributed by atoms with Gasteiger partial charge in [0.2, 0.25) is 0 Å². The summed E-state index contributed by atoms with van der Waals surface area (Å²) in [6, 6.07) is 0. The van der Waals surface area contributed by atoms with E-state index in [1.807, 2.05) is 0 Å². The molecule has 0 aliphatic heterocycles. The molecule has 0 bridgehead atoms.